The second kappa shape index (κ2) is 6.84. The van der Waals surface area contributed by atoms with E-state index in [1.54, 1.807) is 12.5 Å². The van der Waals surface area contributed by atoms with Gasteiger partial charge in [0.15, 0.2) is 17.5 Å². The summed E-state index contributed by atoms with van der Waals surface area (Å²) in [6.07, 6.45) is 6.27. The number of aliphatic imine (C=N–C) groups is 1. The van der Waals surface area contributed by atoms with Crippen molar-refractivity contribution in [3.8, 4) is 11.5 Å². The van der Waals surface area contributed by atoms with E-state index in [-0.39, 0.29) is 0 Å². The molecule has 2 heterocycles. The maximum absolute atomic E-state index is 5.89. The van der Waals surface area contributed by atoms with Crippen molar-refractivity contribution in [2.45, 2.75) is 13.0 Å². The van der Waals surface area contributed by atoms with Crippen molar-refractivity contribution in [3.05, 3.63) is 36.9 Å². The van der Waals surface area contributed by atoms with Gasteiger partial charge in [0.05, 0.1) is 26.1 Å². The summed E-state index contributed by atoms with van der Waals surface area (Å²) in [6.45, 7) is 2.66. The Morgan fingerprint density at radius 1 is 1.32 bits per heavy atom. The summed E-state index contributed by atoms with van der Waals surface area (Å²) in [5.74, 6) is 1.86. The first-order valence-corrected chi connectivity index (χ1v) is 7.23. The van der Waals surface area contributed by atoms with Crippen molar-refractivity contribution in [3.63, 3.8) is 0 Å². The molecule has 1 aliphatic rings. The number of hydrogen-bond acceptors (Lipinski definition) is 4. The molecule has 3 N–H and O–H groups in total. The van der Waals surface area contributed by atoms with E-state index in [2.05, 4.69) is 15.3 Å². The molecule has 0 atom stereocenters. The summed E-state index contributed by atoms with van der Waals surface area (Å²) in [5.41, 5.74) is 6.72. The number of imidazole rings is 1. The Bertz CT molecular complexity index is 639. The molecule has 0 radical (unpaired) electrons. The van der Waals surface area contributed by atoms with E-state index in [0.717, 1.165) is 30.2 Å². The number of guanidine groups is 1. The summed E-state index contributed by atoms with van der Waals surface area (Å²) >= 11 is 0. The lowest BCUT2D eigenvalue weighted by molar-refractivity contribution is 0.297. The topological polar surface area (TPSA) is 86.7 Å². The molecule has 1 aliphatic heterocycles. The molecule has 3 rings (SSSR count). The van der Waals surface area contributed by atoms with E-state index in [1.165, 1.54) is 0 Å². The summed E-state index contributed by atoms with van der Waals surface area (Å²) in [4.78, 5) is 8.27. The van der Waals surface area contributed by atoms with Crippen LogP contribution in [0.3, 0.4) is 0 Å². The molecule has 1 aromatic carbocycles. The summed E-state index contributed by atoms with van der Waals surface area (Å²) in [7, 11) is 0. The van der Waals surface area contributed by atoms with Crippen LogP contribution in [0.1, 0.15) is 6.42 Å². The number of nitrogens with one attached hydrogen (secondary N) is 1. The van der Waals surface area contributed by atoms with E-state index >= 15 is 0 Å². The Morgan fingerprint density at radius 3 is 3.00 bits per heavy atom. The number of rotatable bonds is 4. The van der Waals surface area contributed by atoms with Gasteiger partial charge in [-0.05, 0) is 12.1 Å². The quantitative estimate of drug-likeness (QED) is 0.659. The SMILES string of the molecule is NC(=NCCn1ccnc1)Nc1ccc2c(c1)OCCCO2. The smallest absolute Gasteiger partial charge is 0.193 e. The van der Waals surface area contributed by atoms with Crippen molar-refractivity contribution < 1.29 is 9.47 Å². The van der Waals surface area contributed by atoms with Crippen LogP contribution >= 0.6 is 0 Å². The van der Waals surface area contributed by atoms with E-state index in [9.17, 15) is 0 Å². The number of anilines is 1. The van der Waals surface area contributed by atoms with E-state index in [0.29, 0.717) is 25.7 Å². The van der Waals surface area contributed by atoms with Gasteiger partial charge in [-0.25, -0.2) is 4.98 Å². The fraction of sp³-hybridized carbons (Fsp3) is 0.333. The second-order valence-corrected chi connectivity index (χ2v) is 4.90. The van der Waals surface area contributed by atoms with Crippen LogP contribution in [0.2, 0.25) is 0 Å². The molecule has 0 fully saturated rings. The van der Waals surface area contributed by atoms with Gasteiger partial charge >= 0.3 is 0 Å². The second-order valence-electron chi connectivity index (χ2n) is 4.90. The van der Waals surface area contributed by atoms with Crippen LogP contribution < -0.4 is 20.5 Å². The molecular formula is C15H19N5O2. The lowest BCUT2D eigenvalue weighted by Gasteiger charge is -2.10. The molecule has 1 aromatic heterocycles. The maximum atomic E-state index is 5.89. The van der Waals surface area contributed by atoms with Crippen LogP contribution in [0.25, 0.3) is 0 Å². The van der Waals surface area contributed by atoms with Gasteiger partial charge in [0.25, 0.3) is 0 Å². The lowest BCUT2D eigenvalue weighted by Crippen LogP contribution is -2.23. The Hall–Kier alpha value is -2.70. The average Bonchev–Trinajstić information content (AvgIpc) is 2.91. The third-order valence-corrected chi connectivity index (χ3v) is 3.22. The fourth-order valence-corrected chi connectivity index (χ4v) is 2.13. The lowest BCUT2D eigenvalue weighted by atomic mass is 10.3. The molecule has 2 aromatic rings. The molecule has 7 nitrogen and oxygen atoms in total. The first-order valence-electron chi connectivity index (χ1n) is 7.23. The van der Waals surface area contributed by atoms with Crippen LogP contribution in [0.5, 0.6) is 11.5 Å². The van der Waals surface area contributed by atoms with Gasteiger partial charge < -0.3 is 25.1 Å². The van der Waals surface area contributed by atoms with Gasteiger partial charge in [-0.2, -0.15) is 0 Å². The van der Waals surface area contributed by atoms with E-state index < -0.39 is 0 Å². The molecule has 7 heteroatoms. The number of ether oxygens (including phenoxy) is 2. The summed E-state index contributed by atoms with van der Waals surface area (Å²) in [5, 5.41) is 3.06. The predicted molar refractivity (Wildman–Crippen MR) is 84.4 cm³/mol. The highest BCUT2D eigenvalue weighted by Gasteiger charge is 2.10. The molecule has 116 valence electrons. The Kier molecular flexibility index (Phi) is 4.43. The molecule has 0 amide bonds. The van der Waals surface area contributed by atoms with Crippen molar-refractivity contribution in [1.82, 2.24) is 9.55 Å². The molecule has 22 heavy (non-hydrogen) atoms. The van der Waals surface area contributed by atoms with Gasteiger partial charge in [-0.3, -0.25) is 4.99 Å². The molecule has 0 saturated carbocycles. The fourth-order valence-electron chi connectivity index (χ4n) is 2.13. The summed E-state index contributed by atoms with van der Waals surface area (Å²) in [6, 6.07) is 5.65. The van der Waals surface area contributed by atoms with Gasteiger partial charge in [-0.15, -0.1) is 0 Å². The third-order valence-electron chi connectivity index (χ3n) is 3.22. The van der Waals surface area contributed by atoms with Crippen LogP contribution in [0.15, 0.2) is 41.9 Å². The van der Waals surface area contributed by atoms with Crippen molar-refractivity contribution in [2.75, 3.05) is 25.1 Å². The highest BCUT2D eigenvalue weighted by Crippen LogP contribution is 2.32. The largest absolute Gasteiger partial charge is 0.490 e. The van der Waals surface area contributed by atoms with Crippen LogP contribution in [-0.4, -0.2) is 35.3 Å². The first kappa shape index (κ1) is 14.2. The number of nitrogens with zero attached hydrogens (tertiary/aromatic N) is 3. The molecular weight excluding hydrogens is 282 g/mol. The van der Waals surface area contributed by atoms with Crippen LogP contribution in [0.4, 0.5) is 5.69 Å². The minimum absolute atomic E-state index is 0.370. The van der Waals surface area contributed by atoms with Gasteiger partial charge in [0, 0.05) is 37.1 Å². The zero-order valence-electron chi connectivity index (χ0n) is 12.2. The number of hydrogen-bond donors (Lipinski definition) is 2. The maximum Gasteiger partial charge on any atom is 0.193 e. The zero-order chi connectivity index (χ0) is 15.2. The minimum Gasteiger partial charge on any atom is -0.490 e. The van der Waals surface area contributed by atoms with E-state index in [4.69, 9.17) is 15.2 Å². The predicted octanol–water partition coefficient (Wildman–Crippen LogP) is 1.47. The standard InChI is InChI=1S/C15H19N5O2/c16-15(18-5-7-20-6-4-17-11-20)19-12-2-3-13-14(10-12)22-9-1-8-21-13/h2-4,6,10-11H,1,5,7-9H2,(H3,16,18,19). The Morgan fingerprint density at radius 2 is 2.18 bits per heavy atom. The first-order chi connectivity index (χ1) is 10.8. The molecule has 0 aliphatic carbocycles. The van der Waals surface area contributed by atoms with Crippen LogP contribution in [-0.2, 0) is 6.54 Å². The molecule has 0 unspecified atom stereocenters. The van der Waals surface area contributed by atoms with Crippen molar-refractivity contribution in [1.29, 1.82) is 0 Å². The number of nitrogens with two attached hydrogens (primary N) is 1. The van der Waals surface area contributed by atoms with Gasteiger partial charge in [0.2, 0.25) is 0 Å². The normalized spacial score (nSPS) is 14.5. The van der Waals surface area contributed by atoms with Crippen molar-refractivity contribution in [2.24, 2.45) is 10.7 Å². The average molecular weight is 301 g/mol. The van der Waals surface area contributed by atoms with Gasteiger partial charge in [0.1, 0.15) is 0 Å². The highest BCUT2D eigenvalue weighted by atomic mass is 16.5. The molecule has 0 spiro atoms. The Labute approximate surface area is 128 Å². The van der Waals surface area contributed by atoms with Crippen molar-refractivity contribution >= 4 is 11.6 Å². The number of aromatic nitrogens is 2. The molecule has 0 saturated heterocycles. The van der Waals surface area contributed by atoms with Gasteiger partial charge in [-0.1, -0.05) is 0 Å². The highest BCUT2D eigenvalue weighted by molar-refractivity contribution is 5.92. The van der Waals surface area contributed by atoms with Crippen LogP contribution in [0, 0.1) is 0 Å². The zero-order valence-corrected chi connectivity index (χ0v) is 12.2. The molecule has 0 bridgehead atoms. The van der Waals surface area contributed by atoms with E-state index in [1.807, 2.05) is 29.0 Å². The number of benzene rings is 1. The monoisotopic (exact) mass is 301 g/mol. The Balaban J connectivity index is 1.58. The minimum atomic E-state index is 0.370. The summed E-state index contributed by atoms with van der Waals surface area (Å²) < 4.78 is 13.2. The number of fused-ring (bicyclic) bond motifs is 1. The third kappa shape index (κ3) is 3.69.